The van der Waals surface area contributed by atoms with Crippen LogP contribution in [0.2, 0.25) is 5.02 Å². The molecule has 0 bridgehead atoms. The van der Waals surface area contributed by atoms with E-state index in [1.54, 1.807) is 37.3 Å². The lowest BCUT2D eigenvalue weighted by molar-refractivity contribution is -0.384. The molecule has 1 atom stereocenters. The summed E-state index contributed by atoms with van der Waals surface area (Å²) in [6.45, 7) is 1.20. The maximum absolute atomic E-state index is 13.0. The van der Waals surface area contributed by atoms with Gasteiger partial charge in [0.2, 0.25) is 5.91 Å². The Morgan fingerprint density at radius 3 is 2.55 bits per heavy atom. The van der Waals surface area contributed by atoms with Crippen LogP contribution in [-0.2, 0) is 15.1 Å². The van der Waals surface area contributed by atoms with Crippen LogP contribution in [0.3, 0.4) is 0 Å². The minimum atomic E-state index is -1.25. The van der Waals surface area contributed by atoms with Gasteiger partial charge in [-0.2, -0.15) is 0 Å². The Bertz CT molecular complexity index is 997. The van der Waals surface area contributed by atoms with Gasteiger partial charge in [0.1, 0.15) is 12.1 Å². The third-order valence-corrected chi connectivity index (χ3v) is 5.04. The molecule has 0 spiro atoms. The van der Waals surface area contributed by atoms with E-state index in [0.29, 0.717) is 12.0 Å². The normalized spacial score (nSPS) is 18.5. The van der Waals surface area contributed by atoms with Crippen molar-refractivity contribution in [3.63, 3.8) is 0 Å². The highest BCUT2D eigenvalue weighted by Gasteiger charge is 2.51. The van der Waals surface area contributed by atoms with E-state index < -0.39 is 34.9 Å². The number of imide groups is 1. The number of halogens is 1. The molecule has 1 heterocycles. The molecule has 2 N–H and O–H groups in total. The molecule has 29 heavy (non-hydrogen) atoms. The smallest absolute Gasteiger partial charge is 0.323 e. The average Bonchev–Trinajstić information content (AvgIpc) is 2.95. The molecule has 1 aliphatic rings. The Kier molecular flexibility index (Phi) is 5.51. The van der Waals surface area contributed by atoms with Crippen LogP contribution in [0.5, 0.6) is 0 Å². The highest BCUT2D eigenvalue weighted by atomic mass is 35.5. The molecule has 1 aliphatic heterocycles. The minimum absolute atomic E-state index is 0.0164. The standard InChI is InChI=1S/C19H17ClN4O5/c1-2-19(12-6-4-3-5-7-12)17(26)23(18(27)22-19)11-16(25)21-15-10-13(24(28)29)8-9-14(15)20/h3-10H,2,11H2,1H3,(H,21,25)(H,22,27). The number of nitro benzene ring substituents is 1. The number of carbonyl (C=O) groups excluding carboxylic acids is 3. The van der Waals surface area contributed by atoms with Crippen LogP contribution >= 0.6 is 11.6 Å². The number of nitrogens with zero attached hydrogens (tertiary/aromatic N) is 2. The van der Waals surface area contributed by atoms with E-state index in [1.165, 1.54) is 12.1 Å². The quantitative estimate of drug-likeness (QED) is 0.425. The van der Waals surface area contributed by atoms with Crippen molar-refractivity contribution in [1.29, 1.82) is 0 Å². The summed E-state index contributed by atoms with van der Waals surface area (Å²) >= 11 is 5.97. The molecule has 2 aromatic carbocycles. The van der Waals surface area contributed by atoms with Crippen molar-refractivity contribution < 1.29 is 19.3 Å². The summed E-state index contributed by atoms with van der Waals surface area (Å²) in [5, 5.41) is 16.1. The monoisotopic (exact) mass is 416 g/mol. The van der Waals surface area contributed by atoms with Gasteiger partial charge in [-0.05, 0) is 18.1 Å². The van der Waals surface area contributed by atoms with Gasteiger partial charge in [-0.25, -0.2) is 4.79 Å². The maximum Gasteiger partial charge on any atom is 0.325 e. The van der Waals surface area contributed by atoms with Gasteiger partial charge in [0, 0.05) is 12.1 Å². The van der Waals surface area contributed by atoms with Crippen LogP contribution < -0.4 is 10.6 Å². The minimum Gasteiger partial charge on any atom is -0.323 e. The zero-order chi connectivity index (χ0) is 21.2. The fourth-order valence-electron chi connectivity index (χ4n) is 3.19. The van der Waals surface area contributed by atoms with Gasteiger partial charge in [0.05, 0.1) is 15.6 Å². The first-order chi connectivity index (χ1) is 13.8. The average molecular weight is 417 g/mol. The van der Waals surface area contributed by atoms with E-state index in [-0.39, 0.29) is 16.4 Å². The number of non-ortho nitro benzene ring substituents is 1. The van der Waals surface area contributed by atoms with Gasteiger partial charge < -0.3 is 10.6 Å². The van der Waals surface area contributed by atoms with Gasteiger partial charge in [0.15, 0.2) is 0 Å². The summed E-state index contributed by atoms with van der Waals surface area (Å²) in [5.74, 6) is -1.26. The van der Waals surface area contributed by atoms with Gasteiger partial charge in [-0.3, -0.25) is 24.6 Å². The molecule has 0 aliphatic carbocycles. The Hall–Kier alpha value is -3.46. The second-order valence-electron chi connectivity index (χ2n) is 6.42. The lowest BCUT2D eigenvalue weighted by Gasteiger charge is -2.25. The summed E-state index contributed by atoms with van der Waals surface area (Å²) in [5.41, 5.74) is -0.871. The van der Waals surface area contributed by atoms with Crippen molar-refractivity contribution in [3.8, 4) is 0 Å². The summed E-state index contributed by atoms with van der Waals surface area (Å²) in [4.78, 5) is 48.9. The molecule has 1 unspecified atom stereocenters. The molecular formula is C19H17ClN4O5. The third-order valence-electron chi connectivity index (χ3n) is 4.71. The first kappa shape index (κ1) is 20.3. The Morgan fingerprint density at radius 2 is 1.93 bits per heavy atom. The zero-order valence-electron chi connectivity index (χ0n) is 15.3. The van der Waals surface area contributed by atoms with Crippen molar-refractivity contribution >= 4 is 40.8 Å². The summed E-state index contributed by atoms with van der Waals surface area (Å²) < 4.78 is 0. The van der Waals surface area contributed by atoms with E-state index in [9.17, 15) is 24.5 Å². The molecule has 1 saturated heterocycles. The highest BCUT2D eigenvalue weighted by Crippen LogP contribution is 2.32. The molecule has 2 aromatic rings. The molecule has 150 valence electrons. The topological polar surface area (TPSA) is 122 Å². The van der Waals surface area contributed by atoms with Crippen LogP contribution in [0.25, 0.3) is 0 Å². The summed E-state index contributed by atoms with van der Waals surface area (Å²) in [7, 11) is 0. The summed E-state index contributed by atoms with van der Waals surface area (Å²) in [6.07, 6.45) is 0.302. The van der Waals surface area contributed by atoms with Crippen LogP contribution in [0.1, 0.15) is 18.9 Å². The second kappa shape index (κ2) is 7.88. The van der Waals surface area contributed by atoms with E-state index >= 15 is 0 Å². The number of nitrogens with one attached hydrogen (secondary N) is 2. The van der Waals surface area contributed by atoms with E-state index in [0.717, 1.165) is 11.0 Å². The Labute approximate surface area is 170 Å². The number of hydrogen-bond donors (Lipinski definition) is 2. The molecule has 10 heteroatoms. The molecule has 3 rings (SSSR count). The fourth-order valence-corrected chi connectivity index (χ4v) is 3.35. The first-order valence-electron chi connectivity index (χ1n) is 8.72. The maximum atomic E-state index is 13.0. The van der Waals surface area contributed by atoms with E-state index in [4.69, 9.17) is 11.6 Å². The van der Waals surface area contributed by atoms with Crippen molar-refractivity contribution in [1.82, 2.24) is 10.2 Å². The number of nitro groups is 1. The molecule has 4 amide bonds. The van der Waals surface area contributed by atoms with Gasteiger partial charge >= 0.3 is 6.03 Å². The number of urea groups is 1. The number of benzene rings is 2. The first-order valence-corrected chi connectivity index (χ1v) is 9.09. The van der Waals surface area contributed by atoms with E-state index in [1.807, 2.05) is 0 Å². The van der Waals surface area contributed by atoms with Gasteiger partial charge in [0.25, 0.3) is 11.6 Å². The van der Waals surface area contributed by atoms with E-state index in [2.05, 4.69) is 10.6 Å². The Balaban J connectivity index is 1.79. The third kappa shape index (κ3) is 3.77. The number of rotatable bonds is 6. The van der Waals surface area contributed by atoms with Crippen LogP contribution in [0.15, 0.2) is 48.5 Å². The predicted molar refractivity (Wildman–Crippen MR) is 105 cm³/mol. The summed E-state index contributed by atoms with van der Waals surface area (Å²) in [6, 6.07) is 11.7. The molecule has 1 fully saturated rings. The number of carbonyl (C=O) groups is 3. The van der Waals surface area contributed by atoms with Gasteiger partial charge in [-0.15, -0.1) is 0 Å². The Morgan fingerprint density at radius 1 is 1.24 bits per heavy atom. The molecule has 0 aromatic heterocycles. The molecule has 9 nitrogen and oxygen atoms in total. The fraction of sp³-hybridized carbons (Fsp3) is 0.211. The number of anilines is 1. The van der Waals surface area contributed by atoms with Crippen molar-refractivity contribution in [2.45, 2.75) is 18.9 Å². The van der Waals surface area contributed by atoms with Crippen LogP contribution in [0.4, 0.5) is 16.2 Å². The zero-order valence-corrected chi connectivity index (χ0v) is 16.1. The van der Waals surface area contributed by atoms with Crippen molar-refractivity contribution in [2.24, 2.45) is 0 Å². The SMILES string of the molecule is CCC1(c2ccccc2)NC(=O)N(CC(=O)Nc2cc([N+](=O)[O-])ccc2Cl)C1=O. The molecular weight excluding hydrogens is 400 g/mol. The molecule has 0 radical (unpaired) electrons. The lowest BCUT2D eigenvalue weighted by Crippen LogP contribution is -2.44. The van der Waals surface area contributed by atoms with Crippen molar-refractivity contribution in [3.05, 3.63) is 69.2 Å². The highest BCUT2D eigenvalue weighted by molar-refractivity contribution is 6.33. The lowest BCUT2D eigenvalue weighted by atomic mass is 9.87. The molecule has 0 saturated carbocycles. The van der Waals surface area contributed by atoms with Crippen LogP contribution in [0, 0.1) is 10.1 Å². The number of amides is 4. The van der Waals surface area contributed by atoms with Crippen LogP contribution in [-0.4, -0.2) is 34.2 Å². The second-order valence-corrected chi connectivity index (χ2v) is 6.82. The van der Waals surface area contributed by atoms with Gasteiger partial charge in [-0.1, -0.05) is 48.9 Å². The largest absolute Gasteiger partial charge is 0.325 e. The predicted octanol–water partition coefficient (Wildman–Crippen LogP) is 3.04. The number of hydrogen-bond acceptors (Lipinski definition) is 5. The van der Waals surface area contributed by atoms with Crippen molar-refractivity contribution in [2.75, 3.05) is 11.9 Å².